The molecule has 20 heavy (non-hydrogen) atoms. The van der Waals surface area contributed by atoms with Gasteiger partial charge in [-0.05, 0) is 32.4 Å². The van der Waals surface area contributed by atoms with Crippen molar-refractivity contribution in [3.05, 3.63) is 23.4 Å². The second-order valence-electron chi connectivity index (χ2n) is 4.95. The Labute approximate surface area is 118 Å². The van der Waals surface area contributed by atoms with Crippen LogP contribution in [0.5, 0.6) is 0 Å². The molecule has 1 amide bonds. The quantitative estimate of drug-likeness (QED) is 0.787. The molecule has 0 saturated carbocycles. The molecule has 3 N–H and O–H groups in total. The molecule has 6 nitrogen and oxygen atoms in total. The number of hydrogen-bond acceptors (Lipinski definition) is 4. The first-order valence-electron chi connectivity index (χ1n) is 6.64. The van der Waals surface area contributed by atoms with E-state index >= 15 is 0 Å². The molecule has 1 aromatic heterocycles. The molecule has 0 aliphatic heterocycles. The molecule has 6 heteroatoms. The highest BCUT2D eigenvalue weighted by Gasteiger charge is 2.17. The number of primary amides is 1. The fraction of sp³-hybridized carbons (Fsp3) is 0.500. The van der Waals surface area contributed by atoms with E-state index in [1.54, 1.807) is 11.0 Å². The van der Waals surface area contributed by atoms with Crippen LogP contribution in [0.3, 0.4) is 0 Å². The number of carbonyl (C=O) groups excluding carboxylic acids is 1. The highest BCUT2D eigenvalue weighted by atomic mass is 16.4. The maximum atomic E-state index is 11.2. The summed E-state index contributed by atoms with van der Waals surface area (Å²) >= 11 is 0. The van der Waals surface area contributed by atoms with Crippen molar-refractivity contribution in [1.29, 1.82) is 0 Å². The smallest absolute Gasteiger partial charge is 0.335 e. The van der Waals surface area contributed by atoms with Crippen molar-refractivity contribution in [3.63, 3.8) is 0 Å². The Kier molecular flexibility index (Phi) is 5.49. The van der Waals surface area contributed by atoms with Crippen LogP contribution in [-0.2, 0) is 11.2 Å². The molecular weight excluding hydrogens is 258 g/mol. The number of aromatic nitrogens is 1. The summed E-state index contributed by atoms with van der Waals surface area (Å²) in [4.78, 5) is 28.5. The second kappa shape index (κ2) is 6.88. The highest BCUT2D eigenvalue weighted by molar-refractivity contribution is 5.89. The molecule has 0 unspecified atom stereocenters. The summed E-state index contributed by atoms with van der Waals surface area (Å²) in [6.45, 7) is 5.81. The van der Waals surface area contributed by atoms with E-state index in [0.717, 1.165) is 6.42 Å². The third kappa shape index (κ3) is 4.22. The number of hydrogen-bond donors (Lipinski definition) is 2. The molecule has 110 valence electrons. The average molecular weight is 279 g/mol. The Hall–Kier alpha value is -2.11. The number of nitrogens with zero attached hydrogens (tertiary/aromatic N) is 2. The molecule has 1 heterocycles. The minimum absolute atomic E-state index is 0.00600. The van der Waals surface area contributed by atoms with Crippen LogP contribution >= 0.6 is 0 Å². The van der Waals surface area contributed by atoms with Gasteiger partial charge in [0.25, 0.3) is 0 Å². The molecule has 0 spiro atoms. The van der Waals surface area contributed by atoms with Gasteiger partial charge in [-0.2, -0.15) is 0 Å². The van der Waals surface area contributed by atoms with Crippen LogP contribution in [0.15, 0.2) is 12.1 Å². The van der Waals surface area contributed by atoms with Crippen LogP contribution in [0, 0.1) is 0 Å². The number of carbonyl (C=O) groups is 2. The van der Waals surface area contributed by atoms with Crippen molar-refractivity contribution >= 4 is 17.7 Å². The largest absolute Gasteiger partial charge is 0.478 e. The molecule has 1 aromatic rings. The number of amides is 1. The van der Waals surface area contributed by atoms with Gasteiger partial charge < -0.3 is 15.7 Å². The third-order valence-electron chi connectivity index (χ3n) is 2.86. The monoisotopic (exact) mass is 279 g/mol. The van der Waals surface area contributed by atoms with Gasteiger partial charge in [-0.3, -0.25) is 4.79 Å². The molecule has 0 radical (unpaired) electrons. The van der Waals surface area contributed by atoms with Gasteiger partial charge in [0.1, 0.15) is 5.82 Å². The first kappa shape index (κ1) is 15.9. The predicted molar refractivity (Wildman–Crippen MR) is 76.9 cm³/mol. The number of anilines is 1. The van der Waals surface area contributed by atoms with E-state index in [-0.39, 0.29) is 18.2 Å². The van der Waals surface area contributed by atoms with Gasteiger partial charge in [0.15, 0.2) is 0 Å². The summed E-state index contributed by atoms with van der Waals surface area (Å²) in [6.07, 6.45) is 1.56. The Bertz CT molecular complexity index is 500. The van der Waals surface area contributed by atoms with Crippen LogP contribution in [-0.4, -0.2) is 34.6 Å². The summed E-state index contributed by atoms with van der Waals surface area (Å²) in [7, 11) is 0. The maximum absolute atomic E-state index is 11.2. The minimum Gasteiger partial charge on any atom is -0.478 e. The Balaban J connectivity index is 3.24. The van der Waals surface area contributed by atoms with E-state index in [2.05, 4.69) is 4.98 Å². The lowest BCUT2D eigenvalue weighted by Crippen LogP contribution is -2.39. The molecular formula is C14H21N3O3. The second-order valence-corrected chi connectivity index (χ2v) is 4.95. The zero-order valence-corrected chi connectivity index (χ0v) is 12.1. The number of aromatic carboxylic acids is 1. The van der Waals surface area contributed by atoms with Crippen LogP contribution in [0.4, 0.5) is 5.82 Å². The van der Waals surface area contributed by atoms with Crippen LogP contribution in [0.1, 0.15) is 43.2 Å². The number of rotatable bonds is 7. The summed E-state index contributed by atoms with van der Waals surface area (Å²) in [5.74, 6) is -1.01. The number of carboxylic acids is 1. The molecule has 0 saturated heterocycles. The van der Waals surface area contributed by atoms with E-state index in [1.165, 1.54) is 6.07 Å². The maximum Gasteiger partial charge on any atom is 0.335 e. The molecule has 0 aromatic carbocycles. The molecule has 0 fully saturated rings. The molecule has 0 aliphatic rings. The molecule has 0 aliphatic carbocycles. The Morgan fingerprint density at radius 3 is 2.50 bits per heavy atom. The fourth-order valence-corrected chi connectivity index (χ4v) is 1.92. The van der Waals surface area contributed by atoms with E-state index in [0.29, 0.717) is 17.9 Å². The Morgan fingerprint density at radius 2 is 2.05 bits per heavy atom. The van der Waals surface area contributed by atoms with E-state index in [1.807, 2.05) is 20.8 Å². The number of aryl methyl sites for hydroxylation is 1. The van der Waals surface area contributed by atoms with Crippen molar-refractivity contribution in [2.24, 2.45) is 5.73 Å². The first-order valence-corrected chi connectivity index (χ1v) is 6.64. The number of pyridine rings is 1. The summed E-state index contributed by atoms with van der Waals surface area (Å²) in [5.41, 5.74) is 6.12. The highest BCUT2D eigenvalue weighted by Crippen LogP contribution is 2.18. The first-order chi connectivity index (χ1) is 9.35. The topological polar surface area (TPSA) is 96.5 Å². The standard InChI is InChI=1S/C14H21N3O3/c1-4-5-11-6-10(14(19)20)7-13(16-11)17(9(2)3)8-12(15)18/h6-7,9H,4-5,8H2,1-3H3,(H2,15,18)(H,19,20). The van der Waals surface area contributed by atoms with Crippen LogP contribution < -0.4 is 10.6 Å². The lowest BCUT2D eigenvalue weighted by molar-refractivity contribution is -0.116. The summed E-state index contributed by atoms with van der Waals surface area (Å²) in [5, 5.41) is 9.17. The number of nitrogens with two attached hydrogens (primary N) is 1. The Morgan fingerprint density at radius 1 is 1.40 bits per heavy atom. The van der Waals surface area contributed by atoms with E-state index in [9.17, 15) is 9.59 Å². The van der Waals surface area contributed by atoms with Gasteiger partial charge in [-0.1, -0.05) is 13.3 Å². The van der Waals surface area contributed by atoms with Crippen LogP contribution in [0.2, 0.25) is 0 Å². The predicted octanol–water partition coefficient (Wildman–Crippen LogP) is 1.43. The molecule has 1 rings (SSSR count). The van der Waals surface area contributed by atoms with Crippen molar-refractivity contribution in [2.75, 3.05) is 11.4 Å². The molecule has 0 bridgehead atoms. The third-order valence-corrected chi connectivity index (χ3v) is 2.86. The van der Waals surface area contributed by atoms with Gasteiger partial charge in [-0.25, -0.2) is 9.78 Å². The van der Waals surface area contributed by atoms with Gasteiger partial charge >= 0.3 is 5.97 Å². The van der Waals surface area contributed by atoms with E-state index in [4.69, 9.17) is 10.8 Å². The lowest BCUT2D eigenvalue weighted by atomic mass is 10.1. The van der Waals surface area contributed by atoms with Gasteiger partial charge in [0.05, 0.1) is 12.1 Å². The minimum atomic E-state index is -1.01. The van der Waals surface area contributed by atoms with Gasteiger partial charge in [0, 0.05) is 11.7 Å². The zero-order valence-electron chi connectivity index (χ0n) is 12.1. The lowest BCUT2D eigenvalue weighted by Gasteiger charge is -2.27. The van der Waals surface area contributed by atoms with Crippen molar-refractivity contribution < 1.29 is 14.7 Å². The van der Waals surface area contributed by atoms with Gasteiger partial charge in [0.2, 0.25) is 5.91 Å². The summed E-state index contributed by atoms with van der Waals surface area (Å²) < 4.78 is 0. The van der Waals surface area contributed by atoms with Crippen molar-refractivity contribution in [3.8, 4) is 0 Å². The van der Waals surface area contributed by atoms with Crippen molar-refractivity contribution in [2.45, 2.75) is 39.7 Å². The van der Waals surface area contributed by atoms with Crippen molar-refractivity contribution in [1.82, 2.24) is 4.98 Å². The van der Waals surface area contributed by atoms with Gasteiger partial charge in [-0.15, -0.1) is 0 Å². The van der Waals surface area contributed by atoms with E-state index < -0.39 is 11.9 Å². The van der Waals surface area contributed by atoms with Crippen LogP contribution in [0.25, 0.3) is 0 Å². The molecule has 0 atom stereocenters. The average Bonchev–Trinajstić information content (AvgIpc) is 2.35. The summed E-state index contributed by atoms with van der Waals surface area (Å²) in [6, 6.07) is 3.04. The number of carboxylic acid groups (broad SMARTS) is 1. The fourth-order valence-electron chi connectivity index (χ4n) is 1.92. The zero-order chi connectivity index (χ0) is 15.3. The SMILES string of the molecule is CCCc1cc(C(=O)O)cc(N(CC(N)=O)C(C)C)n1. The normalized spacial score (nSPS) is 10.6.